The maximum atomic E-state index is 11.6. The van der Waals surface area contributed by atoms with E-state index in [1.807, 2.05) is 0 Å². The van der Waals surface area contributed by atoms with Crippen molar-refractivity contribution in [2.75, 3.05) is 0 Å². The van der Waals surface area contributed by atoms with Crippen molar-refractivity contribution in [2.24, 2.45) is 22.7 Å². The summed E-state index contributed by atoms with van der Waals surface area (Å²) in [4.78, 5) is 15.9. The van der Waals surface area contributed by atoms with Crippen LogP contribution in [0.1, 0.15) is 27.7 Å². The summed E-state index contributed by atoms with van der Waals surface area (Å²) in [7, 11) is 0. The molecule has 1 unspecified atom stereocenters. The molecule has 1 rings (SSSR count). The number of allylic oxidation sites excluding steroid dienone is 1. The molecule has 0 aromatic rings. The molecule has 0 spiro atoms. The summed E-state index contributed by atoms with van der Waals surface area (Å²) in [6.07, 6.45) is 3.20. The van der Waals surface area contributed by atoms with Crippen LogP contribution < -0.4 is 0 Å². The van der Waals surface area contributed by atoms with Crippen molar-refractivity contribution in [3.63, 3.8) is 0 Å². The third kappa shape index (κ3) is 2.06. The molecule has 0 saturated carbocycles. The molecule has 2 nitrogen and oxygen atoms in total. The van der Waals surface area contributed by atoms with Crippen LogP contribution >= 0.6 is 0 Å². The Kier molecular flexibility index (Phi) is 3.02. The molecule has 0 N–H and O–H groups in total. The van der Waals surface area contributed by atoms with Gasteiger partial charge in [-0.3, -0.25) is 9.79 Å². The van der Waals surface area contributed by atoms with Crippen molar-refractivity contribution in [2.45, 2.75) is 27.7 Å². The molecular weight excluding hydrogens is 162 g/mol. The van der Waals surface area contributed by atoms with Crippen molar-refractivity contribution >= 4 is 11.5 Å². The van der Waals surface area contributed by atoms with Crippen LogP contribution in [0.4, 0.5) is 0 Å². The van der Waals surface area contributed by atoms with Gasteiger partial charge >= 0.3 is 0 Å². The van der Waals surface area contributed by atoms with E-state index in [2.05, 4.69) is 32.7 Å². The fraction of sp³-hybridized carbons (Fsp3) is 0.636. The van der Waals surface area contributed by atoms with Gasteiger partial charge in [-0.25, -0.2) is 0 Å². The highest BCUT2D eigenvalue weighted by Gasteiger charge is 2.29. The maximum Gasteiger partial charge on any atom is 0.166 e. The van der Waals surface area contributed by atoms with Gasteiger partial charge in [0.15, 0.2) is 5.78 Å². The Morgan fingerprint density at radius 1 is 1.31 bits per heavy atom. The molecule has 0 saturated heterocycles. The number of aliphatic imine (C=N–C) groups is 1. The molecule has 13 heavy (non-hydrogen) atoms. The van der Waals surface area contributed by atoms with Crippen LogP contribution in [0.15, 0.2) is 17.3 Å². The summed E-state index contributed by atoms with van der Waals surface area (Å²) in [6, 6.07) is 0. The SMILES string of the molecule is CC(C)C1=NC=CC(=O)C1C(C)C. The fourth-order valence-corrected chi connectivity index (χ4v) is 1.70. The topological polar surface area (TPSA) is 29.4 Å². The summed E-state index contributed by atoms with van der Waals surface area (Å²) in [6.45, 7) is 8.31. The van der Waals surface area contributed by atoms with Crippen LogP contribution in [-0.4, -0.2) is 11.5 Å². The molecule has 72 valence electrons. The first-order valence-electron chi connectivity index (χ1n) is 4.82. The summed E-state index contributed by atoms with van der Waals surface area (Å²) >= 11 is 0. The molecule has 0 amide bonds. The van der Waals surface area contributed by atoms with Crippen molar-refractivity contribution < 1.29 is 4.79 Å². The summed E-state index contributed by atoms with van der Waals surface area (Å²) < 4.78 is 0. The third-order valence-electron chi connectivity index (χ3n) is 2.35. The van der Waals surface area contributed by atoms with Crippen LogP contribution in [0.2, 0.25) is 0 Å². The van der Waals surface area contributed by atoms with Crippen molar-refractivity contribution in [1.29, 1.82) is 0 Å². The minimum absolute atomic E-state index is 0.00463. The number of carbonyl (C=O) groups excluding carboxylic acids is 1. The van der Waals surface area contributed by atoms with Crippen LogP contribution in [0.25, 0.3) is 0 Å². The highest BCUT2D eigenvalue weighted by Crippen LogP contribution is 2.22. The molecule has 2 heteroatoms. The van der Waals surface area contributed by atoms with Crippen LogP contribution in [-0.2, 0) is 4.79 Å². The van der Waals surface area contributed by atoms with Crippen molar-refractivity contribution in [3.05, 3.63) is 12.3 Å². The van der Waals surface area contributed by atoms with Gasteiger partial charge in [-0.05, 0) is 11.8 Å². The first-order chi connectivity index (χ1) is 6.04. The lowest BCUT2D eigenvalue weighted by Crippen LogP contribution is -2.32. The molecule has 1 heterocycles. The first kappa shape index (κ1) is 10.2. The Balaban J connectivity index is 2.96. The number of hydrogen-bond donors (Lipinski definition) is 0. The molecule has 1 aliphatic heterocycles. The molecule has 0 aliphatic carbocycles. The van der Waals surface area contributed by atoms with E-state index in [0.29, 0.717) is 11.8 Å². The van der Waals surface area contributed by atoms with Crippen LogP contribution in [0.3, 0.4) is 0 Å². The Labute approximate surface area is 79.8 Å². The minimum atomic E-state index is 0.00463. The van der Waals surface area contributed by atoms with E-state index in [0.717, 1.165) is 5.71 Å². The fourth-order valence-electron chi connectivity index (χ4n) is 1.70. The van der Waals surface area contributed by atoms with Gasteiger partial charge in [0.1, 0.15) is 0 Å². The number of ketones is 1. The average Bonchev–Trinajstić information content (AvgIpc) is 2.02. The molecule has 0 bridgehead atoms. The molecule has 1 atom stereocenters. The molecular formula is C11H17NO. The maximum absolute atomic E-state index is 11.6. The highest BCUT2D eigenvalue weighted by atomic mass is 16.1. The van der Waals surface area contributed by atoms with Gasteiger partial charge in [-0.15, -0.1) is 0 Å². The predicted molar refractivity (Wildman–Crippen MR) is 54.7 cm³/mol. The van der Waals surface area contributed by atoms with Crippen molar-refractivity contribution in [1.82, 2.24) is 0 Å². The largest absolute Gasteiger partial charge is 0.294 e. The lowest BCUT2D eigenvalue weighted by molar-refractivity contribution is -0.117. The van der Waals surface area contributed by atoms with E-state index in [9.17, 15) is 4.79 Å². The summed E-state index contributed by atoms with van der Waals surface area (Å²) in [5.41, 5.74) is 1.03. The minimum Gasteiger partial charge on any atom is -0.294 e. The van der Waals surface area contributed by atoms with Gasteiger partial charge in [0, 0.05) is 18.0 Å². The quantitative estimate of drug-likeness (QED) is 0.640. The average molecular weight is 179 g/mol. The number of hydrogen-bond acceptors (Lipinski definition) is 2. The van der Waals surface area contributed by atoms with E-state index >= 15 is 0 Å². The molecule has 0 radical (unpaired) electrons. The van der Waals surface area contributed by atoms with E-state index in [4.69, 9.17) is 0 Å². The Bertz CT molecular complexity index is 261. The summed E-state index contributed by atoms with van der Waals surface area (Å²) in [5.74, 6) is 0.915. The zero-order chi connectivity index (χ0) is 10.0. The second-order valence-corrected chi connectivity index (χ2v) is 4.15. The summed E-state index contributed by atoms with van der Waals surface area (Å²) in [5, 5.41) is 0. The normalized spacial score (nSPS) is 22.8. The van der Waals surface area contributed by atoms with Crippen LogP contribution in [0, 0.1) is 17.8 Å². The van der Waals surface area contributed by atoms with Gasteiger partial charge in [0.25, 0.3) is 0 Å². The van der Waals surface area contributed by atoms with Gasteiger partial charge < -0.3 is 0 Å². The second-order valence-electron chi connectivity index (χ2n) is 4.15. The number of carbonyl (C=O) groups is 1. The molecule has 0 fully saturated rings. The van der Waals surface area contributed by atoms with Gasteiger partial charge in [0.05, 0.1) is 5.92 Å². The number of rotatable bonds is 2. The van der Waals surface area contributed by atoms with E-state index < -0.39 is 0 Å². The molecule has 1 aliphatic rings. The van der Waals surface area contributed by atoms with Gasteiger partial charge in [-0.1, -0.05) is 27.7 Å². The third-order valence-corrected chi connectivity index (χ3v) is 2.35. The number of nitrogens with zero attached hydrogens (tertiary/aromatic N) is 1. The van der Waals surface area contributed by atoms with E-state index in [1.165, 1.54) is 0 Å². The molecule has 0 aromatic carbocycles. The second kappa shape index (κ2) is 3.86. The predicted octanol–water partition coefficient (Wildman–Crippen LogP) is 2.45. The van der Waals surface area contributed by atoms with E-state index in [-0.39, 0.29) is 11.7 Å². The van der Waals surface area contributed by atoms with Gasteiger partial charge in [0.2, 0.25) is 0 Å². The van der Waals surface area contributed by atoms with E-state index in [1.54, 1.807) is 12.3 Å². The first-order valence-corrected chi connectivity index (χ1v) is 4.82. The van der Waals surface area contributed by atoms with Gasteiger partial charge in [-0.2, -0.15) is 0 Å². The van der Waals surface area contributed by atoms with Crippen molar-refractivity contribution in [3.8, 4) is 0 Å². The smallest absolute Gasteiger partial charge is 0.166 e. The lowest BCUT2D eigenvalue weighted by atomic mass is 9.81. The zero-order valence-electron chi connectivity index (χ0n) is 8.74. The monoisotopic (exact) mass is 179 g/mol. The lowest BCUT2D eigenvalue weighted by Gasteiger charge is -2.24. The standard InChI is InChI=1S/C11H17NO/c1-7(2)10-9(13)5-6-12-11(10)8(3)4/h5-8,10H,1-4H3. The highest BCUT2D eigenvalue weighted by molar-refractivity contribution is 6.12. The van der Waals surface area contributed by atoms with Crippen LogP contribution in [0.5, 0.6) is 0 Å². The Hall–Kier alpha value is -0.920. The molecule has 0 aromatic heterocycles. The Morgan fingerprint density at radius 3 is 2.31 bits per heavy atom. The Morgan fingerprint density at radius 2 is 1.92 bits per heavy atom. The zero-order valence-corrected chi connectivity index (χ0v) is 8.74.